The van der Waals surface area contributed by atoms with Gasteiger partial charge in [0, 0.05) is 24.1 Å². The van der Waals surface area contributed by atoms with E-state index in [1.165, 1.54) is 18.3 Å². The van der Waals surface area contributed by atoms with Gasteiger partial charge in [0.05, 0.1) is 11.7 Å². The maximum absolute atomic E-state index is 12.9. The van der Waals surface area contributed by atoms with Crippen molar-refractivity contribution in [3.8, 4) is 22.9 Å². The van der Waals surface area contributed by atoms with Crippen LogP contribution in [0.2, 0.25) is 0 Å². The third kappa shape index (κ3) is 5.61. The normalized spacial score (nSPS) is 11.5. The molecular formula is C25H22N4O3S. The number of benzene rings is 2. The SMILES string of the molecule is CC(=O)NC(C)c1ccc(-c2csc(NC(=O)c3cccnc3Oc3ccccc3)n2)cc1. The van der Waals surface area contributed by atoms with E-state index < -0.39 is 0 Å². The van der Waals surface area contributed by atoms with E-state index in [9.17, 15) is 9.59 Å². The van der Waals surface area contributed by atoms with Crippen molar-refractivity contribution in [3.63, 3.8) is 0 Å². The Hall–Kier alpha value is -4.04. The number of pyridine rings is 1. The number of nitrogens with zero attached hydrogens (tertiary/aromatic N) is 2. The van der Waals surface area contributed by atoms with Crippen LogP contribution in [0.4, 0.5) is 5.13 Å². The summed E-state index contributed by atoms with van der Waals surface area (Å²) in [6, 6.07) is 20.2. The number of hydrogen-bond donors (Lipinski definition) is 2. The van der Waals surface area contributed by atoms with Crippen LogP contribution in [0.15, 0.2) is 78.3 Å². The van der Waals surface area contributed by atoms with E-state index >= 15 is 0 Å². The molecular weight excluding hydrogens is 436 g/mol. The van der Waals surface area contributed by atoms with Gasteiger partial charge in [-0.15, -0.1) is 11.3 Å². The highest BCUT2D eigenvalue weighted by Crippen LogP contribution is 2.28. The zero-order valence-electron chi connectivity index (χ0n) is 18.1. The third-order valence-corrected chi connectivity index (χ3v) is 5.58. The molecule has 0 aliphatic rings. The van der Waals surface area contributed by atoms with Crippen molar-refractivity contribution in [3.05, 3.63) is 89.4 Å². The van der Waals surface area contributed by atoms with Crippen LogP contribution in [0.5, 0.6) is 11.6 Å². The fraction of sp³-hybridized carbons (Fsp3) is 0.120. The van der Waals surface area contributed by atoms with Gasteiger partial charge < -0.3 is 10.1 Å². The van der Waals surface area contributed by atoms with E-state index in [1.807, 2.05) is 54.8 Å². The Labute approximate surface area is 195 Å². The van der Waals surface area contributed by atoms with Gasteiger partial charge in [0.1, 0.15) is 11.3 Å². The average molecular weight is 459 g/mol. The summed E-state index contributed by atoms with van der Waals surface area (Å²) in [6.45, 7) is 3.43. The van der Waals surface area contributed by atoms with Gasteiger partial charge in [-0.05, 0) is 36.8 Å². The van der Waals surface area contributed by atoms with Crippen LogP contribution < -0.4 is 15.4 Å². The minimum Gasteiger partial charge on any atom is -0.438 e. The van der Waals surface area contributed by atoms with Gasteiger partial charge in [0.15, 0.2) is 5.13 Å². The molecule has 2 amide bonds. The van der Waals surface area contributed by atoms with Crippen molar-refractivity contribution in [1.82, 2.24) is 15.3 Å². The molecule has 2 N–H and O–H groups in total. The van der Waals surface area contributed by atoms with Crippen LogP contribution in [0, 0.1) is 0 Å². The fourth-order valence-electron chi connectivity index (χ4n) is 3.20. The maximum Gasteiger partial charge on any atom is 0.262 e. The largest absolute Gasteiger partial charge is 0.438 e. The molecule has 0 saturated carbocycles. The molecule has 0 fully saturated rings. The highest BCUT2D eigenvalue weighted by molar-refractivity contribution is 7.14. The lowest BCUT2D eigenvalue weighted by molar-refractivity contribution is -0.119. The Morgan fingerprint density at radius 1 is 1.00 bits per heavy atom. The summed E-state index contributed by atoms with van der Waals surface area (Å²) in [5.74, 6) is 0.395. The van der Waals surface area contributed by atoms with Crippen LogP contribution in [0.25, 0.3) is 11.3 Å². The molecule has 4 rings (SSSR count). The van der Waals surface area contributed by atoms with Crippen molar-refractivity contribution < 1.29 is 14.3 Å². The zero-order chi connectivity index (χ0) is 23.2. The van der Waals surface area contributed by atoms with Gasteiger partial charge in [0.2, 0.25) is 11.8 Å². The highest BCUT2D eigenvalue weighted by atomic mass is 32.1. The number of thiazole rings is 1. The molecule has 1 atom stereocenters. The Balaban J connectivity index is 1.46. The average Bonchev–Trinajstić information content (AvgIpc) is 3.28. The number of rotatable bonds is 7. The monoisotopic (exact) mass is 458 g/mol. The minimum atomic E-state index is -0.352. The first-order chi connectivity index (χ1) is 16.0. The first-order valence-electron chi connectivity index (χ1n) is 10.3. The van der Waals surface area contributed by atoms with E-state index in [2.05, 4.69) is 20.6 Å². The lowest BCUT2D eigenvalue weighted by atomic mass is 10.1. The molecule has 0 bridgehead atoms. The number of hydrogen-bond acceptors (Lipinski definition) is 6. The fourth-order valence-corrected chi connectivity index (χ4v) is 3.92. The van der Waals surface area contributed by atoms with Crippen molar-refractivity contribution in [2.75, 3.05) is 5.32 Å². The van der Waals surface area contributed by atoms with Crippen LogP contribution >= 0.6 is 11.3 Å². The molecule has 7 nitrogen and oxygen atoms in total. The molecule has 0 saturated heterocycles. The van der Waals surface area contributed by atoms with Gasteiger partial charge in [-0.2, -0.15) is 0 Å². The second-order valence-electron chi connectivity index (χ2n) is 7.31. The number of aromatic nitrogens is 2. The van der Waals surface area contributed by atoms with E-state index in [1.54, 1.807) is 30.5 Å². The quantitative estimate of drug-likeness (QED) is 0.384. The Kier molecular flexibility index (Phi) is 6.75. The van der Waals surface area contributed by atoms with E-state index in [0.717, 1.165) is 16.8 Å². The first kappa shape index (κ1) is 22.2. The van der Waals surface area contributed by atoms with Gasteiger partial charge in [0.25, 0.3) is 5.91 Å². The molecule has 0 aliphatic carbocycles. The molecule has 8 heteroatoms. The molecule has 0 spiro atoms. The smallest absolute Gasteiger partial charge is 0.262 e. The van der Waals surface area contributed by atoms with Crippen molar-refractivity contribution >= 4 is 28.3 Å². The number of carbonyl (C=O) groups excluding carboxylic acids is 2. The second-order valence-corrected chi connectivity index (χ2v) is 8.17. The first-order valence-corrected chi connectivity index (χ1v) is 11.2. The summed E-state index contributed by atoms with van der Waals surface area (Å²) in [4.78, 5) is 32.9. The predicted octanol–water partition coefficient (Wildman–Crippen LogP) is 5.45. The van der Waals surface area contributed by atoms with Gasteiger partial charge in [-0.3, -0.25) is 14.9 Å². The zero-order valence-corrected chi connectivity index (χ0v) is 18.9. The summed E-state index contributed by atoms with van der Waals surface area (Å²) >= 11 is 1.33. The number of ether oxygens (including phenoxy) is 1. The van der Waals surface area contributed by atoms with E-state index in [4.69, 9.17) is 4.74 Å². The minimum absolute atomic E-state index is 0.0718. The Bertz CT molecular complexity index is 1260. The number of nitrogens with one attached hydrogen (secondary N) is 2. The summed E-state index contributed by atoms with van der Waals surface area (Å²) in [7, 11) is 0. The lowest BCUT2D eigenvalue weighted by Gasteiger charge is -2.13. The number of para-hydroxylation sites is 1. The molecule has 166 valence electrons. The van der Waals surface area contributed by atoms with E-state index in [0.29, 0.717) is 16.4 Å². The molecule has 0 aliphatic heterocycles. The van der Waals surface area contributed by atoms with Gasteiger partial charge >= 0.3 is 0 Å². The topological polar surface area (TPSA) is 93.2 Å². The summed E-state index contributed by atoms with van der Waals surface area (Å²) in [5.41, 5.74) is 2.98. The standard InChI is InChI=1S/C25H22N4O3S/c1-16(27-17(2)30)18-10-12-19(13-11-18)22-15-33-25(28-22)29-23(31)21-9-6-14-26-24(21)32-20-7-4-3-5-8-20/h3-16H,1-2H3,(H,27,30)(H,28,29,31). The molecule has 0 radical (unpaired) electrons. The van der Waals surface area contributed by atoms with Gasteiger partial charge in [-0.1, -0.05) is 42.5 Å². The molecule has 33 heavy (non-hydrogen) atoms. The maximum atomic E-state index is 12.9. The second kappa shape index (κ2) is 10.1. The van der Waals surface area contributed by atoms with Crippen LogP contribution in [-0.4, -0.2) is 21.8 Å². The number of carbonyl (C=O) groups is 2. The van der Waals surface area contributed by atoms with Crippen LogP contribution in [0.1, 0.15) is 35.8 Å². The summed E-state index contributed by atoms with van der Waals surface area (Å²) in [5, 5.41) is 8.04. The molecule has 2 aromatic heterocycles. The summed E-state index contributed by atoms with van der Waals surface area (Å²) < 4.78 is 5.78. The number of anilines is 1. The van der Waals surface area contributed by atoms with Crippen molar-refractivity contribution in [2.24, 2.45) is 0 Å². The van der Waals surface area contributed by atoms with Crippen LogP contribution in [0.3, 0.4) is 0 Å². The molecule has 4 aromatic rings. The molecule has 2 heterocycles. The Morgan fingerprint density at radius 3 is 2.48 bits per heavy atom. The molecule has 2 aromatic carbocycles. The van der Waals surface area contributed by atoms with Crippen molar-refractivity contribution in [2.45, 2.75) is 19.9 Å². The number of amides is 2. The van der Waals surface area contributed by atoms with Crippen LogP contribution in [-0.2, 0) is 4.79 Å². The summed E-state index contributed by atoms with van der Waals surface area (Å²) in [6.07, 6.45) is 1.58. The Morgan fingerprint density at radius 2 is 1.76 bits per heavy atom. The van der Waals surface area contributed by atoms with E-state index in [-0.39, 0.29) is 23.7 Å². The molecule has 1 unspecified atom stereocenters. The van der Waals surface area contributed by atoms with Gasteiger partial charge in [-0.25, -0.2) is 9.97 Å². The highest BCUT2D eigenvalue weighted by Gasteiger charge is 2.16. The third-order valence-electron chi connectivity index (χ3n) is 4.82. The lowest BCUT2D eigenvalue weighted by Crippen LogP contribution is -2.23. The predicted molar refractivity (Wildman–Crippen MR) is 128 cm³/mol. The van der Waals surface area contributed by atoms with Crippen molar-refractivity contribution in [1.29, 1.82) is 0 Å².